The van der Waals surface area contributed by atoms with Crippen LogP contribution in [0.4, 0.5) is 0 Å². The molecule has 0 fully saturated rings. The summed E-state index contributed by atoms with van der Waals surface area (Å²) in [5.74, 6) is 1.70. The Morgan fingerprint density at radius 1 is 1.24 bits per heavy atom. The topological polar surface area (TPSA) is 47.6 Å². The van der Waals surface area contributed by atoms with E-state index in [4.69, 9.17) is 9.47 Å². The highest BCUT2D eigenvalue weighted by Gasteiger charge is 2.10. The van der Waals surface area contributed by atoms with Gasteiger partial charge in [0.25, 0.3) is 5.91 Å². The van der Waals surface area contributed by atoms with Crippen molar-refractivity contribution >= 4 is 5.91 Å². The average Bonchev–Trinajstić information content (AvgIpc) is 2.53. The molecule has 0 aromatic heterocycles. The van der Waals surface area contributed by atoms with Crippen LogP contribution in [0, 0.1) is 5.92 Å². The quantitative estimate of drug-likeness (QED) is 0.719. The van der Waals surface area contributed by atoms with Crippen LogP contribution in [0.5, 0.6) is 11.5 Å². The van der Waals surface area contributed by atoms with Crippen molar-refractivity contribution in [3.05, 3.63) is 24.3 Å². The van der Waals surface area contributed by atoms with Crippen molar-refractivity contribution < 1.29 is 14.3 Å². The smallest absolute Gasteiger partial charge is 0.257 e. The lowest BCUT2D eigenvalue weighted by atomic mass is 9.99. The molecule has 21 heavy (non-hydrogen) atoms. The van der Waals surface area contributed by atoms with Gasteiger partial charge in [0, 0.05) is 6.54 Å². The van der Waals surface area contributed by atoms with E-state index in [1.54, 1.807) is 13.2 Å². The second-order valence-electron chi connectivity index (χ2n) is 5.16. The van der Waals surface area contributed by atoms with Crippen LogP contribution in [0.15, 0.2) is 24.3 Å². The number of hydrogen-bond donors (Lipinski definition) is 1. The molecule has 1 atom stereocenters. The number of benzene rings is 1. The van der Waals surface area contributed by atoms with E-state index in [0.717, 1.165) is 13.0 Å². The molecule has 0 spiro atoms. The third kappa shape index (κ3) is 6.52. The summed E-state index contributed by atoms with van der Waals surface area (Å²) >= 11 is 0. The van der Waals surface area contributed by atoms with Crippen molar-refractivity contribution in [2.45, 2.75) is 39.5 Å². The van der Waals surface area contributed by atoms with Gasteiger partial charge >= 0.3 is 0 Å². The summed E-state index contributed by atoms with van der Waals surface area (Å²) < 4.78 is 10.7. The number of carbonyl (C=O) groups is 1. The molecule has 1 aromatic rings. The number of hydrogen-bond acceptors (Lipinski definition) is 3. The van der Waals surface area contributed by atoms with Gasteiger partial charge in [-0.2, -0.15) is 0 Å². The zero-order valence-corrected chi connectivity index (χ0v) is 13.4. The Labute approximate surface area is 127 Å². The second-order valence-corrected chi connectivity index (χ2v) is 5.16. The van der Waals surface area contributed by atoms with Crippen molar-refractivity contribution in [2.75, 3.05) is 20.3 Å². The predicted molar refractivity (Wildman–Crippen MR) is 84.8 cm³/mol. The van der Waals surface area contributed by atoms with Crippen molar-refractivity contribution in [1.29, 1.82) is 0 Å². The van der Waals surface area contributed by atoms with E-state index in [9.17, 15) is 4.79 Å². The highest BCUT2D eigenvalue weighted by molar-refractivity contribution is 5.77. The average molecular weight is 293 g/mol. The van der Waals surface area contributed by atoms with E-state index in [1.165, 1.54) is 19.3 Å². The molecule has 118 valence electrons. The van der Waals surface area contributed by atoms with E-state index in [1.807, 2.05) is 18.2 Å². The highest BCUT2D eigenvalue weighted by Crippen LogP contribution is 2.25. The van der Waals surface area contributed by atoms with Crippen molar-refractivity contribution in [2.24, 2.45) is 5.92 Å². The van der Waals surface area contributed by atoms with Gasteiger partial charge in [0.05, 0.1) is 7.11 Å². The van der Waals surface area contributed by atoms with Gasteiger partial charge in [0.1, 0.15) is 0 Å². The first-order valence-corrected chi connectivity index (χ1v) is 7.73. The van der Waals surface area contributed by atoms with Crippen molar-refractivity contribution in [3.63, 3.8) is 0 Å². The van der Waals surface area contributed by atoms with Crippen LogP contribution in [0.2, 0.25) is 0 Å². The predicted octanol–water partition coefficient (Wildman–Crippen LogP) is 3.41. The van der Waals surface area contributed by atoms with Gasteiger partial charge in [0.15, 0.2) is 18.1 Å². The molecule has 1 amide bonds. The number of carbonyl (C=O) groups excluding carboxylic acids is 1. The lowest BCUT2D eigenvalue weighted by molar-refractivity contribution is -0.123. The summed E-state index contributed by atoms with van der Waals surface area (Å²) in [6.07, 6.45) is 4.67. The fourth-order valence-corrected chi connectivity index (χ4v) is 2.13. The largest absolute Gasteiger partial charge is 0.493 e. The van der Waals surface area contributed by atoms with E-state index >= 15 is 0 Å². The summed E-state index contributed by atoms with van der Waals surface area (Å²) in [6, 6.07) is 7.33. The number of rotatable bonds is 10. The molecule has 1 N–H and O–H groups in total. The summed E-state index contributed by atoms with van der Waals surface area (Å²) in [5, 5.41) is 2.95. The molecule has 0 heterocycles. The first-order valence-electron chi connectivity index (χ1n) is 7.73. The molecule has 0 bridgehead atoms. The van der Waals surface area contributed by atoms with Gasteiger partial charge in [-0.25, -0.2) is 0 Å². The maximum absolute atomic E-state index is 11.8. The molecule has 1 aromatic carbocycles. The van der Waals surface area contributed by atoms with E-state index in [2.05, 4.69) is 19.2 Å². The zero-order valence-electron chi connectivity index (χ0n) is 13.4. The fraction of sp³-hybridized carbons (Fsp3) is 0.588. The van der Waals surface area contributed by atoms with Crippen LogP contribution in [0.25, 0.3) is 0 Å². The van der Waals surface area contributed by atoms with Gasteiger partial charge < -0.3 is 14.8 Å². The van der Waals surface area contributed by atoms with Gasteiger partial charge in [-0.3, -0.25) is 4.79 Å². The molecular formula is C17H27NO3. The van der Waals surface area contributed by atoms with E-state index in [-0.39, 0.29) is 12.5 Å². The first-order chi connectivity index (χ1) is 10.2. The Hall–Kier alpha value is -1.71. The van der Waals surface area contributed by atoms with Gasteiger partial charge in [-0.05, 0) is 24.5 Å². The Balaban J connectivity index is 2.33. The molecular weight excluding hydrogens is 266 g/mol. The van der Waals surface area contributed by atoms with E-state index < -0.39 is 0 Å². The minimum atomic E-state index is -0.0872. The summed E-state index contributed by atoms with van der Waals surface area (Å²) in [4.78, 5) is 11.8. The molecule has 0 radical (unpaired) electrons. The minimum absolute atomic E-state index is 0.0184. The maximum Gasteiger partial charge on any atom is 0.257 e. The molecule has 1 rings (SSSR count). The molecule has 4 heteroatoms. The number of methoxy groups -OCH3 is 1. The van der Waals surface area contributed by atoms with Crippen LogP contribution in [-0.2, 0) is 4.79 Å². The molecule has 4 nitrogen and oxygen atoms in total. The number of nitrogens with one attached hydrogen (secondary N) is 1. The van der Waals surface area contributed by atoms with E-state index in [0.29, 0.717) is 17.4 Å². The van der Waals surface area contributed by atoms with Crippen LogP contribution >= 0.6 is 0 Å². The van der Waals surface area contributed by atoms with Crippen molar-refractivity contribution in [1.82, 2.24) is 5.32 Å². The lowest BCUT2D eigenvalue weighted by Gasteiger charge is -2.15. The standard InChI is InChI=1S/C17H27NO3/c1-4-6-9-14(5-2)12-18-17(19)13-21-16-11-8-7-10-15(16)20-3/h7-8,10-11,14H,4-6,9,12-13H2,1-3H3,(H,18,19). The Bertz CT molecular complexity index is 420. The summed E-state index contributed by atoms with van der Waals surface area (Å²) in [6.45, 7) is 5.10. The highest BCUT2D eigenvalue weighted by atomic mass is 16.5. The number of amides is 1. The van der Waals surface area contributed by atoms with Crippen molar-refractivity contribution in [3.8, 4) is 11.5 Å². The molecule has 0 saturated heterocycles. The SMILES string of the molecule is CCCCC(CC)CNC(=O)COc1ccccc1OC. The normalized spacial score (nSPS) is 11.8. The number of para-hydroxylation sites is 2. The Morgan fingerprint density at radius 2 is 1.95 bits per heavy atom. The molecule has 1 unspecified atom stereocenters. The number of unbranched alkanes of at least 4 members (excludes halogenated alkanes) is 1. The molecule has 0 aliphatic rings. The summed E-state index contributed by atoms with van der Waals surface area (Å²) in [5.41, 5.74) is 0. The van der Waals surface area contributed by atoms with Crippen LogP contribution in [-0.4, -0.2) is 26.2 Å². The third-order valence-electron chi connectivity index (χ3n) is 3.56. The number of ether oxygens (including phenoxy) is 2. The maximum atomic E-state index is 11.8. The van der Waals surface area contributed by atoms with Crippen LogP contribution in [0.3, 0.4) is 0 Å². The third-order valence-corrected chi connectivity index (χ3v) is 3.56. The Kier molecular flexibility index (Phi) is 8.32. The zero-order chi connectivity index (χ0) is 15.5. The van der Waals surface area contributed by atoms with Crippen LogP contribution < -0.4 is 14.8 Å². The second kappa shape index (κ2) is 10.1. The molecule has 0 aliphatic heterocycles. The summed E-state index contributed by atoms with van der Waals surface area (Å²) in [7, 11) is 1.59. The van der Waals surface area contributed by atoms with Gasteiger partial charge in [-0.15, -0.1) is 0 Å². The van der Waals surface area contributed by atoms with Gasteiger partial charge in [-0.1, -0.05) is 45.2 Å². The Morgan fingerprint density at radius 3 is 2.57 bits per heavy atom. The minimum Gasteiger partial charge on any atom is -0.493 e. The monoisotopic (exact) mass is 293 g/mol. The molecule has 0 saturated carbocycles. The molecule has 0 aliphatic carbocycles. The fourth-order valence-electron chi connectivity index (χ4n) is 2.13. The first kappa shape index (κ1) is 17.3. The lowest BCUT2D eigenvalue weighted by Crippen LogP contribution is -2.33. The van der Waals surface area contributed by atoms with Gasteiger partial charge in [0.2, 0.25) is 0 Å². The van der Waals surface area contributed by atoms with Crippen LogP contribution in [0.1, 0.15) is 39.5 Å².